The quantitative estimate of drug-likeness (QED) is 0.579. The second-order valence-electron chi connectivity index (χ2n) is 4.68. The minimum atomic E-state index is 0.958. The SMILES string of the molecule is C=C.C[C@@H]1CCCN(C2CCCC2)C1. The Hall–Kier alpha value is -0.300. The molecule has 2 aliphatic rings. The molecule has 0 aromatic carbocycles. The van der Waals surface area contributed by atoms with Gasteiger partial charge in [-0.15, -0.1) is 13.2 Å². The molecule has 2 fully saturated rings. The maximum Gasteiger partial charge on any atom is 0.00953 e. The molecule has 0 spiro atoms. The minimum absolute atomic E-state index is 0.958. The normalized spacial score (nSPS) is 29.6. The summed E-state index contributed by atoms with van der Waals surface area (Å²) in [4.78, 5) is 2.75. The molecule has 1 heteroatoms. The van der Waals surface area contributed by atoms with Crippen LogP contribution in [0.3, 0.4) is 0 Å². The van der Waals surface area contributed by atoms with Crippen LogP contribution in [-0.2, 0) is 0 Å². The van der Waals surface area contributed by atoms with E-state index in [2.05, 4.69) is 25.0 Å². The van der Waals surface area contributed by atoms with Gasteiger partial charge in [-0.2, -0.15) is 0 Å². The van der Waals surface area contributed by atoms with Crippen LogP contribution in [0.25, 0.3) is 0 Å². The zero-order valence-electron chi connectivity index (χ0n) is 9.67. The molecule has 82 valence electrons. The van der Waals surface area contributed by atoms with Gasteiger partial charge in [0.05, 0.1) is 0 Å². The van der Waals surface area contributed by atoms with Crippen LogP contribution in [-0.4, -0.2) is 24.0 Å². The molecule has 1 aliphatic heterocycles. The fraction of sp³-hybridized carbons (Fsp3) is 0.846. The molecule has 1 nitrogen and oxygen atoms in total. The van der Waals surface area contributed by atoms with Gasteiger partial charge >= 0.3 is 0 Å². The largest absolute Gasteiger partial charge is 0.300 e. The first-order chi connectivity index (χ1) is 6.86. The predicted octanol–water partition coefficient (Wildman–Crippen LogP) is 3.46. The number of likely N-dealkylation sites (tertiary alicyclic amines) is 1. The van der Waals surface area contributed by atoms with Gasteiger partial charge in [-0.05, 0) is 38.1 Å². The number of rotatable bonds is 1. The molecule has 0 N–H and O–H groups in total. The van der Waals surface area contributed by atoms with Crippen LogP contribution in [0.15, 0.2) is 13.2 Å². The summed E-state index contributed by atoms with van der Waals surface area (Å²) in [5.41, 5.74) is 0. The van der Waals surface area contributed by atoms with Crippen molar-refractivity contribution in [3.8, 4) is 0 Å². The molecule has 1 atom stereocenters. The Labute approximate surface area is 89.2 Å². The molecule has 0 bridgehead atoms. The molecular weight excluding hydrogens is 170 g/mol. The lowest BCUT2D eigenvalue weighted by Crippen LogP contribution is -2.40. The van der Waals surface area contributed by atoms with Crippen LogP contribution in [0.2, 0.25) is 0 Å². The van der Waals surface area contributed by atoms with Gasteiger partial charge in [-0.1, -0.05) is 19.8 Å². The minimum Gasteiger partial charge on any atom is -0.300 e. The van der Waals surface area contributed by atoms with Crippen LogP contribution in [0, 0.1) is 5.92 Å². The van der Waals surface area contributed by atoms with Crippen LogP contribution < -0.4 is 0 Å². The van der Waals surface area contributed by atoms with Gasteiger partial charge < -0.3 is 4.90 Å². The third-order valence-corrected chi connectivity index (χ3v) is 3.53. The second kappa shape index (κ2) is 6.23. The van der Waals surface area contributed by atoms with E-state index >= 15 is 0 Å². The monoisotopic (exact) mass is 195 g/mol. The van der Waals surface area contributed by atoms with E-state index in [1.807, 2.05) is 0 Å². The molecule has 1 aliphatic carbocycles. The van der Waals surface area contributed by atoms with E-state index < -0.39 is 0 Å². The molecule has 1 saturated carbocycles. The highest BCUT2D eigenvalue weighted by molar-refractivity contribution is 4.81. The van der Waals surface area contributed by atoms with Crippen molar-refractivity contribution in [3.05, 3.63) is 13.2 Å². The number of hydrogen-bond acceptors (Lipinski definition) is 1. The molecule has 2 rings (SSSR count). The van der Waals surface area contributed by atoms with Gasteiger partial charge in [0.1, 0.15) is 0 Å². The summed E-state index contributed by atoms with van der Waals surface area (Å²) in [6.45, 7) is 11.2. The molecule has 0 radical (unpaired) electrons. The van der Waals surface area contributed by atoms with E-state index in [0.717, 1.165) is 12.0 Å². The van der Waals surface area contributed by atoms with Crippen LogP contribution in [0.1, 0.15) is 45.4 Å². The van der Waals surface area contributed by atoms with Crippen molar-refractivity contribution in [2.45, 2.75) is 51.5 Å². The van der Waals surface area contributed by atoms with Crippen molar-refractivity contribution >= 4 is 0 Å². The topological polar surface area (TPSA) is 3.24 Å². The Kier molecular flexibility index (Phi) is 5.24. The van der Waals surface area contributed by atoms with E-state index in [0.29, 0.717) is 0 Å². The fourth-order valence-electron chi connectivity index (χ4n) is 2.83. The Morgan fingerprint density at radius 1 is 1.00 bits per heavy atom. The molecule has 0 aromatic rings. The van der Waals surface area contributed by atoms with E-state index in [-0.39, 0.29) is 0 Å². The summed E-state index contributed by atoms with van der Waals surface area (Å²) in [6.07, 6.45) is 8.82. The second-order valence-corrected chi connectivity index (χ2v) is 4.68. The maximum atomic E-state index is 3.00. The lowest BCUT2D eigenvalue weighted by atomic mass is 9.98. The average Bonchev–Trinajstić information content (AvgIpc) is 2.74. The van der Waals surface area contributed by atoms with Crippen molar-refractivity contribution in [1.29, 1.82) is 0 Å². The first-order valence-electron chi connectivity index (χ1n) is 6.10. The molecule has 0 aromatic heterocycles. The number of nitrogens with zero attached hydrogens (tertiary/aromatic N) is 1. The highest BCUT2D eigenvalue weighted by Gasteiger charge is 2.25. The number of piperidine rings is 1. The highest BCUT2D eigenvalue weighted by atomic mass is 15.2. The van der Waals surface area contributed by atoms with E-state index in [9.17, 15) is 0 Å². The third kappa shape index (κ3) is 3.13. The van der Waals surface area contributed by atoms with Gasteiger partial charge in [0.25, 0.3) is 0 Å². The Morgan fingerprint density at radius 2 is 1.64 bits per heavy atom. The zero-order valence-corrected chi connectivity index (χ0v) is 9.67. The first-order valence-corrected chi connectivity index (χ1v) is 6.10. The third-order valence-electron chi connectivity index (χ3n) is 3.53. The first kappa shape index (κ1) is 11.8. The predicted molar refractivity (Wildman–Crippen MR) is 63.5 cm³/mol. The van der Waals surface area contributed by atoms with E-state index in [4.69, 9.17) is 0 Å². The smallest absolute Gasteiger partial charge is 0.00953 e. The summed E-state index contributed by atoms with van der Waals surface area (Å²) in [5.74, 6) is 0.958. The van der Waals surface area contributed by atoms with Gasteiger partial charge in [0, 0.05) is 12.6 Å². The van der Waals surface area contributed by atoms with E-state index in [1.54, 1.807) is 0 Å². The average molecular weight is 195 g/mol. The van der Waals surface area contributed by atoms with Gasteiger partial charge in [-0.3, -0.25) is 0 Å². The Morgan fingerprint density at radius 3 is 2.21 bits per heavy atom. The van der Waals surface area contributed by atoms with Crippen LogP contribution in [0.5, 0.6) is 0 Å². The van der Waals surface area contributed by atoms with Gasteiger partial charge in [-0.25, -0.2) is 0 Å². The lowest BCUT2D eigenvalue weighted by Gasteiger charge is -2.35. The summed E-state index contributed by atoms with van der Waals surface area (Å²) in [5, 5.41) is 0. The van der Waals surface area contributed by atoms with Gasteiger partial charge in [0.15, 0.2) is 0 Å². The van der Waals surface area contributed by atoms with Crippen molar-refractivity contribution in [1.82, 2.24) is 4.90 Å². The van der Waals surface area contributed by atoms with Gasteiger partial charge in [0.2, 0.25) is 0 Å². The Balaban J connectivity index is 0.000000461. The molecule has 1 heterocycles. The van der Waals surface area contributed by atoms with Crippen molar-refractivity contribution in [2.75, 3.05) is 13.1 Å². The summed E-state index contributed by atoms with van der Waals surface area (Å²) in [7, 11) is 0. The lowest BCUT2D eigenvalue weighted by molar-refractivity contribution is 0.132. The molecule has 0 unspecified atom stereocenters. The number of hydrogen-bond donors (Lipinski definition) is 0. The molecular formula is C13H25N. The summed E-state index contributed by atoms with van der Waals surface area (Å²) in [6, 6.07) is 0.966. The Bertz CT molecular complexity index is 149. The zero-order chi connectivity index (χ0) is 10.4. The van der Waals surface area contributed by atoms with E-state index in [1.165, 1.54) is 51.6 Å². The van der Waals surface area contributed by atoms with Crippen molar-refractivity contribution in [2.24, 2.45) is 5.92 Å². The maximum absolute atomic E-state index is 3.00. The standard InChI is InChI=1S/C11H21N.C2H4/c1-10-5-4-8-12(9-10)11-6-2-3-7-11;1-2/h10-11H,2-9H2,1H3;1-2H2/t10-;/m1./s1. The molecule has 0 amide bonds. The van der Waals surface area contributed by atoms with Crippen LogP contribution in [0.4, 0.5) is 0 Å². The fourth-order valence-corrected chi connectivity index (χ4v) is 2.83. The highest BCUT2D eigenvalue weighted by Crippen LogP contribution is 2.27. The summed E-state index contributed by atoms with van der Waals surface area (Å²) >= 11 is 0. The summed E-state index contributed by atoms with van der Waals surface area (Å²) < 4.78 is 0. The van der Waals surface area contributed by atoms with Crippen molar-refractivity contribution < 1.29 is 0 Å². The van der Waals surface area contributed by atoms with Crippen molar-refractivity contribution in [3.63, 3.8) is 0 Å². The molecule has 1 saturated heterocycles. The molecule has 14 heavy (non-hydrogen) atoms. The van der Waals surface area contributed by atoms with Crippen LogP contribution >= 0.6 is 0 Å².